The van der Waals surface area contributed by atoms with E-state index in [0.717, 1.165) is 19.4 Å². The summed E-state index contributed by atoms with van der Waals surface area (Å²) in [5.74, 6) is 1.96. The highest BCUT2D eigenvalue weighted by molar-refractivity contribution is 6.27. The van der Waals surface area contributed by atoms with Crippen LogP contribution in [0.15, 0.2) is 73.1 Å². The molecular formula is C43H53ClN8O10. The number of nitrogens with one attached hydrogen (secondary N) is 2. The number of rotatable bonds is 17. The number of ketones is 2. The Morgan fingerprint density at radius 2 is 1.26 bits per heavy atom. The second-order valence-corrected chi connectivity index (χ2v) is 14.4. The third kappa shape index (κ3) is 16.7. The van der Waals surface area contributed by atoms with Crippen molar-refractivity contribution < 1.29 is 39.1 Å². The summed E-state index contributed by atoms with van der Waals surface area (Å²) in [7, 11) is 3.21. The number of pyridine rings is 2. The lowest BCUT2D eigenvalue weighted by atomic mass is 10.1. The summed E-state index contributed by atoms with van der Waals surface area (Å²) in [6.45, 7) is 3.01. The fraction of sp³-hybridized carbons (Fsp3) is 0.419. The summed E-state index contributed by atoms with van der Waals surface area (Å²) in [6, 6.07) is 17.4. The van der Waals surface area contributed by atoms with E-state index in [1.54, 1.807) is 74.9 Å². The van der Waals surface area contributed by atoms with Crippen LogP contribution in [-0.2, 0) is 22.4 Å². The number of benzene rings is 2. The maximum absolute atomic E-state index is 12.4. The van der Waals surface area contributed by atoms with E-state index in [-0.39, 0.29) is 60.9 Å². The van der Waals surface area contributed by atoms with E-state index in [4.69, 9.17) is 31.4 Å². The number of alkyl halides is 1. The molecule has 0 radical (unpaired) electrons. The molecule has 1 atom stereocenters. The molecule has 2 aliphatic rings. The number of nitro groups is 2. The maximum atomic E-state index is 12.4. The molecule has 2 fully saturated rings. The molecule has 4 aromatic rings. The number of aliphatic hydroxyl groups excluding tert-OH is 2. The Balaban J connectivity index is 0.000000275. The van der Waals surface area contributed by atoms with Gasteiger partial charge >= 0.3 is 0 Å². The van der Waals surface area contributed by atoms with E-state index in [1.165, 1.54) is 50.9 Å². The number of aliphatic hydroxyl groups is 2. The van der Waals surface area contributed by atoms with E-state index in [9.17, 15) is 34.9 Å². The predicted molar refractivity (Wildman–Crippen MR) is 234 cm³/mol. The molecule has 0 spiro atoms. The summed E-state index contributed by atoms with van der Waals surface area (Å²) in [5.41, 5.74) is 1.70. The second kappa shape index (κ2) is 26.8. The van der Waals surface area contributed by atoms with E-state index >= 15 is 0 Å². The Morgan fingerprint density at radius 3 is 1.66 bits per heavy atom. The first kappa shape index (κ1) is 50.1. The van der Waals surface area contributed by atoms with Crippen molar-refractivity contribution in [2.75, 3.05) is 56.9 Å². The largest absolute Gasteiger partial charge is 0.457 e. The Hall–Kier alpha value is -6.26. The van der Waals surface area contributed by atoms with Crippen LogP contribution in [0.5, 0.6) is 23.0 Å². The molecule has 0 amide bonds. The molecule has 1 saturated carbocycles. The lowest BCUT2D eigenvalue weighted by molar-refractivity contribution is -0.384. The summed E-state index contributed by atoms with van der Waals surface area (Å²) < 4.78 is 11.3. The number of hydrogen-bond acceptors (Lipinski definition) is 16. The van der Waals surface area contributed by atoms with Gasteiger partial charge in [0, 0.05) is 58.2 Å². The number of carbonyl (C=O) groups is 2. The Bertz CT molecular complexity index is 2130. The summed E-state index contributed by atoms with van der Waals surface area (Å²) >= 11 is 5.47. The van der Waals surface area contributed by atoms with E-state index in [0.29, 0.717) is 58.3 Å². The minimum Gasteiger partial charge on any atom is -0.457 e. The predicted octanol–water partition coefficient (Wildman–Crippen LogP) is 7.27. The van der Waals surface area contributed by atoms with Gasteiger partial charge in [-0.3, -0.25) is 44.7 Å². The number of nitrogens with zero attached hydrogens (tertiary/aromatic N) is 6. The van der Waals surface area contributed by atoms with Gasteiger partial charge in [-0.05, 0) is 74.5 Å². The van der Waals surface area contributed by atoms with Crippen molar-refractivity contribution in [3.63, 3.8) is 0 Å². The van der Waals surface area contributed by atoms with Gasteiger partial charge in [-0.15, -0.1) is 11.6 Å². The smallest absolute Gasteiger partial charge is 0.296 e. The van der Waals surface area contributed by atoms with Crippen LogP contribution in [0.2, 0.25) is 0 Å². The van der Waals surface area contributed by atoms with Crippen LogP contribution in [-0.4, -0.2) is 98.8 Å². The Labute approximate surface area is 365 Å². The molecule has 332 valence electrons. The van der Waals surface area contributed by atoms with E-state index in [1.807, 2.05) is 4.90 Å². The van der Waals surface area contributed by atoms with Crippen LogP contribution >= 0.6 is 11.6 Å². The molecule has 1 saturated heterocycles. The molecule has 1 aliphatic carbocycles. The number of anilines is 2. The molecule has 2 aromatic heterocycles. The van der Waals surface area contributed by atoms with Gasteiger partial charge in [-0.1, -0.05) is 12.8 Å². The van der Waals surface area contributed by atoms with Crippen molar-refractivity contribution in [1.82, 2.24) is 14.9 Å². The van der Waals surface area contributed by atoms with Crippen LogP contribution in [0, 0.1) is 37.5 Å². The number of halogens is 1. The van der Waals surface area contributed by atoms with Crippen molar-refractivity contribution in [3.05, 3.63) is 105 Å². The van der Waals surface area contributed by atoms with Crippen LogP contribution in [0.1, 0.15) is 56.8 Å². The number of carbonyl (C=O) groups excluding carboxylic acids is 2. The molecule has 3 heterocycles. The average molecular weight is 877 g/mol. The zero-order valence-electron chi connectivity index (χ0n) is 35.0. The SMILES string of the molecule is CC#N.CNc1ccc(Oc2ccnc(CC(=O)CCl)c2)cc1[N+](=O)[O-].CNc1ccc(Oc2ccnc(CC(=O)CN3CCC[C@H]3CO)c2)cc1[N+](=O)[O-].OCC1CCCC1. The monoisotopic (exact) mass is 876 g/mol. The van der Waals surface area contributed by atoms with Gasteiger partial charge in [-0.2, -0.15) is 5.26 Å². The Kier molecular flexibility index (Phi) is 21.7. The van der Waals surface area contributed by atoms with Crippen LogP contribution in [0.25, 0.3) is 0 Å². The lowest BCUT2D eigenvalue weighted by Gasteiger charge is -2.21. The number of aromatic nitrogens is 2. The highest BCUT2D eigenvalue weighted by atomic mass is 35.5. The summed E-state index contributed by atoms with van der Waals surface area (Å²) in [6.07, 6.45) is 10.4. The minimum atomic E-state index is -0.490. The standard InChI is InChI=1S/C20H24N4O5.C15H14ClN3O4.C6H12O.C2H3N/c1-21-19-5-4-17(11-20(19)24(27)28)29-18-6-7-22-14(10-18)9-16(26)12-23-8-2-3-15(23)13-25;1-17-14-3-2-12(8-15(14)19(21)22)23-13-4-5-18-10(7-13)6-11(20)9-16;7-5-6-3-1-2-4-6;1-2-3/h4-7,10-11,15,21,25H,2-3,8-9,12-13H2,1H3;2-5,7-8,17H,6,9H2,1H3;6-7H,1-5H2;1H3/t15-;;;/m0.../s1. The quantitative estimate of drug-likeness (QED) is 0.0462. The molecule has 6 rings (SSSR count). The van der Waals surface area contributed by atoms with Crippen molar-refractivity contribution in [3.8, 4) is 29.1 Å². The second-order valence-electron chi connectivity index (χ2n) is 14.1. The summed E-state index contributed by atoms with van der Waals surface area (Å²) in [4.78, 5) is 55.3. The Morgan fingerprint density at radius 1 is 0.790 bits per heavy atom. The average Bonchev–Trinajstić information content (AvgIpc) is 3.97. The highest BCUT2D eigenvalue weighted by Gasteiger charge is 2.25. The van der Waals surface area contributed by atoms with Crippen molar-refractivity contribution in [1.29, 1.82) is 5.26 Å². The molecule has 19 heteroatoms. The van der Waals surface area contributed by atoms with Gasteiger partial charge < -0.3 is 30.3 Å². The number of hydrogen-bond donors (Lipinski definition) is 4. The molecule has 1 aliphatic heterocycles. The maximum Gasteiger partial charge on any atom is 0.296 e. The van der Waals surface area contributed by atoms with Crippen molar-refractivity contribution in [2.24, 2.45) is 5.92 Å². The zero-order valence-corrected chi connectivity index (χ0v) is 35.8. The third-order valence-corrected chi connectivity index (χ3v) is 9.94. The molecule has 0 bridgehead atoms. The van der Waals surface area contributed by atoms with Crippen molar-refractivity contribution in [2.45, 2.75) is 64.3 Å². The molecule has 0 unspecified atom stereocenters. The lowest BCUT2D eigenvalue weighted by Crippen LogP contribution is -2.37. The number of Topliss-reactive ketones (excluding diaryl/α,β-unsaturated/α-hetero) is 2. The number of likely N-dealkylation sites (tertiary alicyclic amines) is 1. The van der Waals surface area contributed by atoms with Crippen LogP contribution < -0.4 is 20.1 Å². The molecular weight excluding hydrogens is 824 g/mol. The number of ether oxygens (including phenoxy) is 2. The van der Waals surface area contributed by atoms with Crippen LogP contribution in [0.4, 0.5) is 22.7 Å². The number of nitro benzene ring substituents is 2. The fourth-order valence-corrected chi connectivity index (χ4v) is 6.71. The number of nitriles is 1. The van der Waals surface area contributed by atoms with Gasteiger partial charge in [0.1, 0.15) is 34.4 Å². The van der Waals surface area contributed by atoms with Gasteiger partial charge in [0.25, 0.3) is 11.4 Å². The van der Waals surface area contributed by atoms with Gasteiger partial charge in [-0.25, -0.2) is 0 Å². The minimum absolute atomic E-state index is 0.0176. The van der Waals surface area contributed by atoms with E-state index < -0.39 is 9.85 Å². The highest BCUT2D eigenvalue weighted by Crippen LogP contribution is 2.33. The molecule has 4 N–H and O–H groups in total. The van der Waals surface area contributed by atoms with E-state index in [2.05, 4.69) is 20.6 Å². The fourth-order valence-electron chi connectivity index (χ4n) is 6.62. The topological polar surface area (TPSA) is 256 Å². The third-order valence-electron chi connectivity index (χ3n) is 9.65. The first-order valence-corrected chi connectivity index (χ1v) is 20.5. The normalized spacial score (nSPS) is 14.3. The molecule has 2 aromatic carbocycles. The first-order valence-electron chi connectivity index (χ1n) is 19.9. The molecule has 18 nitrogen and oxygen atoms in total. The first-order chi connectivity index (χ1) is 29.9. The molecule has 62 heavy (non-hydrogen) atoms. The summed E-state index contributed by atoms with van der Waals surface area (Å²) in [5, 5.41) is 53.0. The van der Waals surface area contributed by atoms with Crippen LogP contribution in [0.3, 0.4) is 0 Å². The van der Waals surface area contributed by atoms with Crippen molar-refractivity contribution >= 4 is 45.9 Å². The van der Waals surface area contributed by atoms with Gasteiger partial charge in [0.2, 0.25) is 0 Å². The van der Waals surface area contributed by atoms with Gasteiger partial charge in [0.15, 0.2) is 11.6 Å². The van der Waals surface area contributed by atoms with Gasteiger partial charge in [0.05, 0.1) is 71.3 Å². The zero-order chi connectivity index (χ0) is 45.4.